The van der Waals surface area contributed by atoms with Gasteiger partial charge in [-0.25, -0.2) is 19.6 Å². The zero-order chi connectivity index (χ0) is 36.6. The maximum Gasteiger partial charge on any atom is 0.355 e. The van der Waals surface area contributed by atoms with Crippen LogP contribution in [0, 0.1) is 23.2 Å². The predicted octanol–water partition coefficient (Wildman–Crippen LogP) is 9.11. The van der Waals surface area contributed by atoms with E-state index in [4.69, 9.17) is 14.8 Å². The van der Waals surface area contributed by atoms with Crippen molar-refractivity contribution in [1.29, 1.82) is 0 Å². The second kappa shape index (κ2) is 12.2. The monoisotopic (exact) mass is 718 g/mol. The van der Waals surface area contributed by atoms with Crippen LogP contribution in [0.2, 0.25) is 0 Å². The molecule has 4 aliphatic carbocycles. The van der Waals surface area contributed by atoms with E-state index in [1.807, 2.05) is 44.4 Å². The van der Waals surface area contributed by atoms with Gasteiger partial charge in [0.05, 0.1) is 28.1 Å². The van der Waals surface area contributed by atoms with Crippen LogP contribution >= 0.6 is 11.3 Å². The molecule has 4 saturated carbocycles. The van der Waals surface area contributed by atoms with Gasteiger partial charge in [0.25, 0.3) is 0 Å². The van der Waals surface area contributed by atoms with Crippen molar-refractivity contribution < 1.29 is 19.4 Å². The Kier molecular flexibility index (Phi) is 8.11. The van der Waals surface area contributed by atoms with Crippen LogP contribution in [0.15, 0.2) is 49.7 Å². The summed E-state index contributed by atoms with van der Waals surface area (Å²) in [7, 11) is 1.88. The molecule has 3 aromatic heterocycles. The number of methoxy groups -OCH3 is 1. The minimum atomic E-state index is -1.10. The quantitative estimate of drug-likeness (QED) is 0.177. The second-order valence-electron chi connectivity index (χ2n) is 16.5. The van der Waals surface area contributed by atoms with Gasteiger partial charge < -0.3 is 9.84 Å². The number of aryl methyl sites for hydroxylation is 1. The highest BCUT2D eigenvalue weighted by atomic mass is 32.1. The number of ether oxygens (including phenoxy) is 1. The van der Waals surface area contributed by atoms with E-state index >= 15 is 0 Å². The molecule has 2 N–H and O–H groups in total. The lowest BCUT2D eigenvalue weighted by molar-refractivity contribution is -0.239. The third-order valence-corrected chi connectivity index (χ3v) is 13.1. The summed E-state index contributed by atoms with van der Waals surface area (Å²) in [6.45, 7) is 15.9. The van der Waals surface area contributed by atoms with E-state index in [1.54, 1.807) is 23.2 Å². The Balaban J connectivity index is 1.07. The molecule has 2 atom stereocenters. The van der Waals surface area contributed by atoms with E-state index in [9.17, 15) is 14.7 Å². The first-order valence-corrected chi connectivity index (χ1v) is 18.9. The first kappa shape index (κ1) is 34.5. The Morgan fingerprint density at radius 1 is 1.02 bits per heavy atom. The normalized spacial score (nSPS) is 27.3. The van der Waals surface area contributed by atoms with Crippen LogP contribution in [-0.4, -0.2) is 56.1 Å². The van der Waals surface area contributed by atoms with Gasteiger partial charge in [0.1, 0.15) is 0 Å². The maximum atomic E-state index is 13.5. The predicted molar refractivity (Wildman–Crippen MR) is 206 cm³/mol. The topological polar surface area (TPSA) is 122 Å². The minimum absolute atomic E-state index is 0.0274. The first-order chi connectivity index (χ1) is 24.8. The highest BCUT2D eigenvalue weighted by Gasteiger charge is 2.66. The van der Waals surface area contributed by atoms with Crippen molar-refractivity contribution in [3.63, 3.8) is 0 Å². The van der Waals surface area contributed by atoms with Crippen LogP contribution in [0.5, 0.6) is 0 Å². The number of carbonyl (C=O) groups excluding carboxylic acids is 1. The lowest BCUT2D eigenvalue weighted by Gasteiger charge is -2.69. The Morgan fingerprint density at radius 2 is 1.79 bits per heavy atom. The molecule has 9 rings (SSSR count). The fraction of sp³-hybridized carbons (Fsp3) is 0.439. The van der Waals surface area contributed by atoms with Crippen molar-refractivity contribution in [3.05, 3.63) is 77.2 Å². The van der Waals surface area contributed by atoms with Crippen LogP contribution in [-0.2, 0) is 17.7 Å². The summed E-state index contributed by atoms with van der Waals surface area (Å²) in [5.41, 5.74) is 6.47. The molecular weight excluding hydrogens is 673 g/mol. The summed E-state index contributed by atoms with van der Waals surface area (Å²) in [6.07, 6.45) is 13.6. The van der Waals surface area contributed by atoms with Crippen molar-refractivity contribution in [3.8, 4) is 22.4 Å². The Labute approximate surface area is 308 Å². The van der Waals surface area contributed by atoms with Crippen molar-refractivity contribution in [2.24, 2.45) is 16.2 Å². The van der Waals surface area contributed by atoms with E-state index in [1.165, 1.54) is 17.8 Å². The largest absolute Gasteiger partial charge is 0.476 e. The number of anilines is 2. The van der Waals surface area contributed by atoms with Crippen LogP contribution in [0.25, 0.3) is 34.5 Å². The van der Waals surface area contributed by atoms with Crippen LogP contribution in [0.4, 0.5) is 15.6 Å². The number of fused-ring (bicyclic) bond motifs is 1. The molecule has 2 unspecified atom stereocenters. The summed E-state index contributed by atoms with van der Waals surface area (Å²) in [6, 6.07) is 9.30. The minimum Gasteiger partial charge on any atom is -0.476 e. The molecule has 4 aromatic rings. The SMILES string of the molecule is C=Cc1nc(NC(=O)N2CCCc3ccc(-c4ccc(-c5cnn(CC67CC8(C)CC(C)(C6)CC(OC)(C8)C7)c5C)c(C(=O)O)n4)cc32)sc1C=C. The number of carbonyl (C=O) groups is 2. The number of aromatic nitrogens is 4. The summed E-state index contributed by atoms with van der Waals surface area (Å²) in [5, 5.41) is 18.7. The molecule has 270 valence electrons. The highest BCUT2D eigenvalue weighted by Crippen LogP contribution is 2.72. The number of aromatic carboxylic acids is 1. The third-order valence-electron chi connectivity index (χ3n) is 12.1. The van der Waals surface area contributed by atoms with Crippen molar-refractivity contribution in [2.75, 3.05) is 23.9 Å². The lowest BCUT2D eigenvalue weighted by atomic mass is 9.39. The number of benzene rings is 1. The average Bonchev–Trinajstić information content (AvgIpc) is 3.67. The van der Waals surface area contributed by atoms with Gasteiger partial charge in [0.15, 0.2) is 10.8 Å². The van der Waals surface area contributed by atoms with Gasteiger partial charge in [-0.3, -0.25) is 14.9 Å². The fourth-order valence-corrected chi connectivity index (χ4v) is 12.0. The van der Waals surface area contributed by atoms with Gasteiger partial charge in [-0.2, -0.15) is 5.10 Å². The Morgan fingerprint density at radius 3 is 2.46 bits per heavy atom. The van der Waals surface area contributed by atoms with E-state index in [0.29, 0.717) is 28.6 Å². The van der Waals surface area contributed by atoms with E-state index in [2.05, 4.69) is 42.0 Å². The Bertz CT molecular complexity index is 2110. The standard InChI is InChI=1S/C41H46N6O4S/c1-7-30-33(8-2)52-36(44-30)45-37(50)46-15-9-10-26-11-12-27(16-32(26)46)31-14-13-28(34(43-31)35(48)49)29-17-42-47(25(29)3)24-40-19-38(4)18-39(5,20-40)22-41(21-38,23-40)51-6/h7-8,11-14,16-17H,1-2,9-10,15,18-24H2,3-6H3,(H,48,49)(H,44,45,50). The zero-order valence-electron chi connectivity index (χ0n) is 30.4. The number of hydrogen-bond acceptors (Lipinski definition) is 7. The first-order valence-electron chi connectivity index (χ1n) is 18.1. The molecule has 4 heterocycles. The number of carboxylic acids is 1. The second-order valence-corrected chi connectivity index (χ2v) is 17.5. The lowest BCUT2D eigenvalue weighted by Crippen LogP contribution is -2.64. The van der Waals surface area contributed by atoms with Gasteiger partial charge >= 0.3 is 12.0 Å². The number of amides is 2. The molecular formula is C41H46N6O4S. The number of nitrogens with zero attached hydrogens (tertiary/aromatic N) is 5. The van der Waals surface area contributed by atoms with E-state index in [0.717, 1.165) is 84.4 Å². The molecule has 10 nitrogen and oxygen atoms in total. The number of nitrogens with one attached hydrogen (secondary N) is 1. The molecule has 1 aromatic carbocycles. The van der Waals surface area contributed by atoms with Gasteiger partial charge in [0.2, 0.25) is 0 Å². The molecule has 5 aliphatic rings. The molecule has 11 heteroatoms. The molecule has 1 aliphatic heterocycles. The Hall–Kier alpha value is -4.61. The number of pyridine rings is 1. The number of carboxylic acid groups (broad SMARTS) is 1. The van der Waals surface area contributed by atoms with Crippen molar-refractivity contribution >= 4 is 46.3 Å². The van der Waals surface area contributed by atoms with Crippen LogP contribution < -0.4 is 10.2 Å². The summed E-state index contributed by atoms with van der Waals surface area (Å²) >= 11 is 1.34. The van der Waals surface area contributed by atoms with Crippen molar-refractivity contribution in [1.82, 2.24) is 19.7 Å². The zero-order valence-corrected chi connectivity index (χ0v) is 31.2. The highest BCUT2D eigenvalue weighted by molar-refractivity contribution is 7.16. The van der Waals surface area contributed by atoms with Gasteiger partial charge in [-0.05, 0) is 110 Å². The smallest absolute Gasteiger partial charge is 0.355 e. The number of urea groups is 1. The molecule has 0 radical (unpaired) electrons. The van der Waals surface area contributed by atoms with E-state index < -0.39 is 5.97 Å². The molecule has 4 fully saturated rings. The molecule has 52 heavy (non-hydrogen) atoms. The molecule has 2 amide bonds. The van der Waals surface area contributed by atoms with Gasteiger partial charge in [-0.15, -0.1) is 0 Å². The number of rotatable bonds is 9. The van der Waals surface area contributed by atoms with Gasteiger partial charge in [-0.1, -0.05) is 50.5 Å². The van der Waals surface area contributed by atoms with E-state index in [-0.39, 0.29) is 33.6 Å². The number of thiazole rings is 1. The summed E-state index contributed by atoms with van der Waals surface area (Å²) in [5.74, 6) is -1.10. The molecule has 4 bridgehead atoms. The molecule has 0 spiro atoms. The molecule has 0 saturated heterocycles. The van der Waals surface area contributed by atoms with Crippen molar-refractivity contribution in [2.45, 2.75) is 84.3 Å². The maximum absolute atomic E-state index is 13.5. The van der Waals surface area contributed by atoms with Crippen LogP contribution in [0.1, 0.15) is 91.1 Å². The van der Waals surface area contributed by atoms with Gasteiger partial charge in [0, 0.05) is 48.3 Å². The third kappa shape index (κ3) is 5.78. The number of hydrogen-bond donors (Lipinski definition) is 2. The van der Waals surface area contributed by atoms with Crippen LogP contribution in [0.3, 0.4) is 0 Å². The fourth-order valence-electron chi connectivity index (χ4n) is 11.2. The summed E-state index contributed by atoms with van der Waals surface area (Å²) < 4.78 is 8.38. The average molecular weight is 719 g/mol. The summed E-state index contributed by atoms with van der Waals surface area (Å²) in [4.78, 5) is 38.0.